The van der Waals surface area contributed by atoms with E-state index in [0.717, 1.165) is 50.7 Å². The van der Waals surface area contributed by atoms with Crippen molar-refractivity contribution in [1.82, 2.24) is 20.5 Å². The molecule has 0 aliphatic heterocycles. The minimum atomic E-state index is 0. The van der Waals surface area contributed by atoms with Crippen LogP contribution >= 0.6 is 35.6 Å². The van der Waals surface area contributed by atoms with Gasteiger partial charge in [-0.1, -0.05) is 31.0 Å². The highest BCUT2D eigenvalue weighted by molar-refractivity contribution is 14.0. The molecular weight excluding hydrogens is 437 g/mol. The molecular formula is C17H31ClIN5. The van der Waals surface area contributed by atoms with Gasteiger partial charge < -0.3 is 15.5 Å². The molecule has 5 nitrogen and oxygen atoms in total. The summed E-state index contributed by atoms with van der Waals surface area (Å²) in [4.78, 5) is 11.0. The van der Waals surface area contributed by atoms with Crippen molar-refractivity contribution in [2.75, 3.05) is 39.8 Å². The number of aliphatic imine (C=N–C) groups is 1. The zero-order valence-electron chi connectivity index (χ0n) is 15.0. The van der Waals surface area contributed by atoms with Crippen LogP contribution < -0.4 is 10.6 Å². The van der Waals surface area contributed by atoms with E-state index in [4.69, 9.17) is 11.6 Å². The molecule has 0 aromatic carbocycles. The third kappa shape index (κ3) is 11.0. The highest BCUT2D eigenvalue weighted by Crippen LogP contribution is 2.05. The van der Waals surface area contributed by atoms with Gasteiger partial charge in [-0.3, -0.25) is 4.99 Å². The monoisotopic (exact) mass is 467 g/mol. The number of nitrogens with zero attached hydrogens (tertiary/aromatic N) is 3. The van der Waals surface area contributed by atoms with Crippen molar-refractivity contribution < 1.29 is 0 Å². The van der Waals surface area contributed by atoms with Gasteiger partial charge in [-0.05, 0) is 45.0 Å². The molecule has 138 valence electrons. The molecule has 1 aromatic heterocycles. The smallest absolute Gasteiger partial charge is 0.191 e. The highest BCUT2D eigenvalue weighted by atomic mass is 127. The SMILES string of the molecule is CCCCN(C)CCN=C(NCC)NCCc1ccc(Cl)nc1.I. The molecule has 0 atom stereocenters. The average molecular weight is 468 g/mol. The largest absolute Gasteiger partial charge is 0.357 e. The summed E-state index contributed by atoms with van der Waals surface area (Å²) in [7, 11) is 2.15. The van der Waals surface area contributed by atoms with Crippen LogP contribution in [0.25, 0.3) is 0 Å². The standard InChI is InChI=1S/C17H30ClN5.HI/c1-4-6-12-23(3)13-11-21-17(19-5-2)20-10-9-15-7-8-16(18)22-14-15;/h7-8,14H,4-6,9-13H2,1-3H3,(H2,19,20,21);1H. The molecule has 0 aliphatic carbocycles. The van der Waals surface area contributed by atoms with E-state index in [1.54, 1.807) is 0 Å². The molecule has 1 aromatic rings. The first-order valence-electron chi connectivity index (χ1n) is 8.46. The quantitative estimate of drug-likeness (QED) is 0.240. The summed E-state index contributed by atoms with van der Waals surface area (Å²) in [6.45, 7) is 8.90. The van der Waals surface area contributed by atoms with Crippen molar-refractivity contribution in [3.8, 4) is 0 Å². The molecule has 0 aliphatic rings. The Labute approximate surface area is 168 Å². The number of nitrogens with one attached hydrogen (secondary N) is 2. The van der Waals surface area contributed by atoms with E-state index in [-0.39, 0.29) is 24.0 Å². The van der Waals surface area contributed by atoms with Crippen molar-refractivity contribution in [2.45, 2.75) is 33.1 Å². The second kappa shape index (κ2) is 14.7. The first-order chi connectivity index (χ1) is 11.2. The van der Waals surface area contributed by atoms with E-state index in [1.165, 1.54) is 12.8 Å². The van der Waals surface area contributed by atoms with Crippen LogP contribution in [-0.4, -0.2) is 55.6 Å². The zero-order valence-corrected chi connectivity index (χ0v) is 18.1. The number of rotatable bonds is 10. The van der Waals surface area contributed by atoms with Gasteiger partial charge in [0.1, 0.15) is 5.15 Å². The lowest BCUT2D eigenvalue weighted by molar-refractivity contribution is 0.337. The second-order valence-electron chi connectivity index (χ2n) is 5.58. The van der Waals surface area contributed by atoms with Gasteiger partial charge in [-0.15, -0.1) is 24.0 Å². The fourth-order valence-electron chi connectivity index (χ4n) is 2.09. The van der Waals surface area contributed by atoms with Crippen molar-refractivity contribution in [3.05, 3.63) is 29.0 Å². The van der Waals surface area contributed by atoms with Gasteiger partial charge in [0.05, 0.1) is 6.54 Å². The number of hydrogen-bond donors (Lipinski definition) is 2. The van der Waals surface area contributed by atoms with Gasteiger partial charge in [0.15, 0.2) is 5.96 Å². The first-order valence-corrected chi connectivity index (χ1v) is 8.84. The molecule has 0 saturated heterocycles. The minimum absolute atomic E-state index is 0. The van der Waals surface area contributed by atoms with E-state index in [2.05, 4.69) is 46.4 Å². The second-order valence-corrected chi connectivity index (χ2v) is 5.97. The fourth-order valence-corrected chi connectivity index (χ4v) is 2.21. The molecule has 2 N–H and O–H groups in total. The predicted molar refractivity (Wildman–Crippen MR) is 115 cm³/mol. The summed E-state index contributed by atoms with van der Waals surface area (Å²) in [6, 6.07) is 3.83. The zero-order chi connectivity index (χ0) is 16.9. The topological polar surface area (TPSA) is 52.5 Å². The number of halogens is 2. The maximum Gasteiger partial charge on any atom is 0.191 e. The summed E-state index contributed by atoms with van der Waals surface area (Å²) in [6.07, 6.45) is 5.19. The first kappa shape index (κ1) is 23.4. The lowest BCUT2D eigenvalue weighted by atomic mass is 10.2. The van der Waals surface area contributed by atoms with E-state index < -0.39 is 0 Å². The van der Waals surface area contributed by atoms with Crippen molar-refractivity contribution in [1.29, 1.82) is 0 Å². The molecule has 1 heterocycles. The molecule has 1 rings (SSSR count). The molecule has 0 saturated carbocycles. The average Bonchev–Trinajstić information content (AvgIpc) is 2.54. The van der Waals surface area contributed by atoms with E-state index in [9.17, 15) is 0 Å². The molecule has 0 amide bonds. The normalized spacial score (nSPS) is 11.3. The van der Waals surface area contributed by atoms with Gasteiger partial charge in [-0.2, -0.15) is 0 Å². The van der Waals surface area contributed by atoms with E-state index in [1.807, 2.05) is 18.3 Å². The van der Waals surface area contributed by atoms with Crippen LogP contribution in [0.3, 0.4) is 0 Å². The van der Waals surface area contributed by atoms with Crippen LogP contribution in [0.5, 0.6) is 0 Å². The Morgan fingerprint density at radius 1 is 1.25 bits per heavy atom. The summed E-state index contributed by atoms with van der Waals surface area (Å²) in [5, 5.41) is 7.17. The summed E-state index contributed by atoms with van der Waals surface area (Å²) in [5.74, 6) is 0.873. The number of unbranched alkanes of at least 4 members (excludes halogenated alkanes) is 1. The Bertz CT molecular complexity index is 453. The Morgan fingerprint density at radius 3 is 2.67 bits per heavy atom. The Kier molecular flexibility index (Phi) is 14.4. The number of aromatic nitrogens is 1. The molecule has 0 bridgehead atoms. The van der Waals surface area contributed by atoms with Crippen molar-refractivity contribution >= 4 is 41.5 Å². The predicted octanol–water partition coefficient (Wildman–Crippen LogP) is 3.18. The molecule has 7 heteroatoms. The lowest BCUT2D eigenvalue weighted by Crippen LogP contribution is -2.39. The lowest BCUT2D eigenvalue weighted by Gasteiger charge is -2.15. The minimum Gasteiger partial charge on any atom is -0.357 e. The van der Waals surface area contributed by atoms with E-state index >= 15 is 0 Å². The Hall–Kier alpha value is -0.600. The molecule has 0 fully saturated rings. The van der Waals surface area contributed by atoms with Gasteiger partial charge in [-0.25, -0.2) is 4.98 Å². The van der Waals surface area contributed by atoms with Crippen LogP contribution in [-0.2, 0) is 6.42 Å². The van der Waals surface area contributed by atoms with Gasteiger partial charge in [0, 0.05) is 25.8 Å². The maximum atomic E-state index is 5.79. The van der Waals surface area contributed by atoms with Crippen LogP contribution in [0.15, 0.2) is 23.3 Å². The third-order valence-corrected chi connectivity index (χ3v) is 3.71. The van der Waals surface area contributed by atoms with Crippen LogP contribution in [0, 0.1) is 0 Å². The molecule has 0 spiro atoms. The van der Waals surface area contributed by atoms with Crippen LogP contribution in [0.2, 0.25) is 5.15 Å². The highest BCUT2D eigenvalue weighted by Gasteiger charge is 2.00. The van der Waals surface area contributed by atoms with Crippen LogP contribution in [0.1, 0.15) is 32.3 Å². The number of hydrogen-bond acceptors (Lipinski definition) is 3. The third-order valence-electron chi connectivity index (χ3n) is 3.48. The Balaban J connectivity index is 0.00000529. The fraction of sp³-hybridized carbons (Fsp3) is 0.647. The summed E-state index contributed by atoms with van der Waals surface area (Å²) >= 11 is 5.79. The molecule has 24 heavy (non-hydrogen) atoms. The van der Waals surface area contributed by atoms with Gasteiger partial charge in [0.2, 0.25) is 0 Å². The maximum absolute atomic E-state index is 5.79. The summed E-state index contributed by atoms with van der Waals surface area (Å²) in [5.41, 5.74) is 1.16. The number of guanidine groups is 1. The van der Waals surface area contributed by atoms with Crippen LogP contribution in [0.4, 0.5) is 0 Å². The van der Waals surface area contributed by atoms with Crippen molar-refractivity contribution in [2.24, 2.45) is 4.99 Å². The Morgan fingerprint density at radius 2 is 2.04 bits per heavy atom. The number of likely N-dealkylation sites (N-methyl/N-ethyl adjacent to an activating group) is 1. The van der Waals surface area contributed by atoms with Crippen molar-refractivity contribution in [3.63, 3.8) is 0 Å². The number of pyridine rings is 1. The van der Waals surface area contributed by atoms with Gasteiger partial charge >= 0.3 is 0 Å². The van der Waals surface area contributed by atoms with Gasteiger partial charge in [0.25, 0.3) is 0 Å². The molecule has 0 radical (unpaired) electrons. The van der Waals surface area contributed by atoms with E-state index in [0.29, 0.717) is 5.15 Å². The summed E-state index contributed by atoms with van der Waals surface area (Å²) < 4.78 is 0. The molecule has 0 unspecified atom stereocenters.